The molecule has 0 aliphatic heterocycles. The van der Waals surface area contributed by atoms with Gasteiger partial charge in [0.05, 0.1) is 0 Å². The molecular weight excluding hydrogens is 146 g/mol. The molecule has 3 N–H and O–H groups in total. The first kappa shape index (κ1) is 10.4. The molecule has 0 spiro atoms. The first-order valence-electron chi connectivity index (χ1n) is 3.49. The van der Waals surface area contributed by atoms with Crippen molar-refractivity contribution in [3.63, 3.8) is 0 Å². The Morgan fingerprint density at radius 3 is 2.27 bits per heavy atom. The number of hydrogen-bond acceptors (Lipinski definition) is 3. The number of rotatable bonds is 3. The van der Waals surface area contributed by atoms with Gasteiger partial charge in [-0.2, -0.15) is 0 Å². The average Bonchev–Trinajstić information content (AvgIpc) is 1.80. The molecule has 4 nitrogen and oxygen atoms in total. The van der Waals surface area contributed by atoms with E-state index in [2.05, 4.69) is 5.32 Å². The normalized spacial score (nSPS) is 14.5. The molecular formula is C7H15NO3. The minimum atomic E-state index is -1.31. The van der Waals surface area contributed by atoms with Gasteiger partial charge < -0.3 is 15.5 Å². The summed E-state index contributed by atoms with van der Waals surface area (Å²) < 4.78 is 0. The van der Waals surface area contributed by atoms with Crippen LogP contribution in [0.2, 0.25) is 0 Å². The van der Waals surface area contributed by atoms with Crippen LogP contribution in [0.4, 0.5) is 0 Å². The first-order valence-corrected chi connectivity index (χ1v) is 3.49. The fourth-order valence-electron chi connectivity index (χ4n) is 0.490. The average molecular weight is 161 g/mol. The fraction of sp³-hybridized carbons (Fsp3) is 0.857. The quantitative estimate of drug-likeness (QED) is 0.537. The van der Waals surface area contributed by atoms with Crippen molar-refractivity contribution in [2.75, 3.05) is 6.54 Å². The summed E-state index contributed by atoms with van der Waals surface area (Å²) in [4.78, 5) is 10.1. The van der Waals surface area contributed by atoms with Gasteiger partial charge in [-0.15, -0.1) is 0 Å². The summed E-state index contributed by atoms with van der Waals surface area (Å²) in [6.45, 7) is 5.80. The van der Waals surface area contributed by atoms with E-state index in [0.717, 1.165) is 0 Å². The lowest BCUT2D eigenvalue weighted by atomic mass is 10.1. The molecule has 0 saturated heterocycles. The molecule has 0 rings (SSSR count). The van der Waals surface area contributed by atoms with Crippen LogP contribution in [0.15, 0.2) is 0 Å². The van der Waals surface area contributed by atoms with E-state index in [4.69, 9.17) is 10.2 Å². The number of aliphatic hydroxyl groups excluding tert-OH is 1. The summed E-state index contributed by atoms with van der Waals surface area (Å²) in [5.74, 6) is -1.19. The summed E-state index contributed by atoms with van der Waals surface area (Å²) >= 11 is 0. The molecule has 1 unspecified atom stereocenters. The Kier molecular flexibility index (Phi) is 3.48. The molecule has 1 atom stereocenters. The molecule has 66 valence electrons. The van der Waals surface area contributed by atoms with Gasteiger partial charge in [-0.05, 0) is 20.8 Å². The van der Waals surface area contributed by atoms with Crippen molar-refractivity contribution in [2.45, 2.75) is 32.4 Å². The Hall–Kier alpha value is -0.610. The summed E-state index contributed by atoms with van der Waals surface area (Å²) in [7, 11) is 0. The van der Waals surface area contributed by atoms with E-state index in [9.17, 15) is 4.79 Å². The maximum absolute atomic E-state index is 10.1. The minimum absolute atomic E-state index is 0.0822. The minimum Gasteiger partial charge on any atom is -0.479 e. The Bertz CT molecular complexity index is 139. The van der Waals surface area contributed by atoms with Gasteiger partial charge in [-0.1, -0.05) is 0 Å². The second-order valence-corrected chi connectivity index (χ2v) is 3.48. The van der Waals surface area contributed by atoms with Crippen LogP contribution in [-0.4, -0.2) is 34.4 Å². The molecule has 0 aromatic heterocycles. The fourth-order valence-corrected chi connectivity index (χ4v) is 0.490. The second-order valence-electron chi connectivity index (χ2n) is 3.48. The Balaban J connectivity index is 3.63. The number of hydrogen-bond donors (Lipinski definition) is 3. The third kappa shape index (κ3) is 5.82. The highest BCUT2D eigenvalue weighted by atomic mass is 16.4. The molecule has 0 fully saturated rings. The van der Waals surface area contributed by atoms with E-state index in [1.54, 1.807) is 0 Å². The number of carbonyl (C=O) groups is 1. The van der Waals surface area contributed by atoms with Crippen molar-refractivity contribution in [1.29, 1.82) is 0 Å². The van der Waals surface area contributed by atoms with Crippen LogP contribution in [0, 0.1) is 0 Å². The van der Waals surface area contributed by atoms with Crippen molar-refractivity contribution < 1.29 is 15.0 Å². The van der Waals surface area contributed by atoms with Crippen LogP contribution in [0.3, 0.4) is 0 Å². The standard InChI is InChI=1S/C7H15NO3/c1-7(2,3)8-4-5(9)6(10)11/h5,8-9H,4H2,1-3H3,(H,10,11). The van der Waals surface area contributed by atoms with Crippen LogP contribution in [0.1, 0.15) is 20.8 Å². The molecule has 0 bridgehead atoms. The zero-order valence-corrected chi connectivity index (χ0v) is 7.09. The third-order valence-corrected chi connectivity index (χ3v) is 1.11. The molecule has 0 saturated carbocycles. The summed E-state index contributed by atoms with van der Waals surface area (Å²) in [5, 5.41) is 20.0. The molecule has 0 heterocycles. The molecule has 0 radical (unpaired) electrons. The van der Waals surface area contributed by atoms with E-state index in [1.165, 1.54) is 0 Å². The Morgan fingerprint density at radius 2 is 2.00 bits per heavy atom. The van der Waals surface area contributed by atoms with Crippen molar-refractivity contribution in [3.8, 4) is 0 Å². The molecule has 0 aliphatic carbocycles. The van der Waals surface area contributed by atoms with E-state index in [0.29, 0.717) is 0 Å². The van der Waals surface area contributed by atoms with Gasteiger partial charge in [-0.3, -0.25) is 0 Å². The van der Waals surface area contributed by atoms with Crippen molar-refractivity contribution >= 4 is 5.97 Å². The Labute approximate surface area is 66.2 Å². The predicted molar refractivity (Wildman–Crippen MR) is 41.4 cm³/mol. The lowest BCUT2D eigenvalue weighted by molar-refractivity contribution is -0.146. The largest absolute Gasteiger partial charge is 0.479 e. The zero-order valence-electron chi connectivity index (χ0n) is 7.09. The highest BCUT2D eigenvalue weighted by Gasteiger charge is 2.16. The van der Waals surface area contributed by atoms with Gasteiger partial charge in [0.1, 0.15) is 0 Å². The second kappa shape index (κ2) is 3.69. The molecule has 0 aliphatic rings. The topological polar surface area (TPSA) is 69.6 Å². The summed E-state index contributed by atoms with van der Waals surface area (Å²) in [6, 6.07) is 0. The summed E-state index contributed by atoms with van der Waals surface area (Å²) in [5.41, 5.74) is -0.156. The van der Waals surface area contributed by atoms with E-state index in [-0.39, 0.29) is 12.1 Å². The zero-order chi connectivity index (χ0) is 9.07. The maximum atomic E-state index is 10.1. The number of carboxylic acid groups (broad SMARTS) is 1. The van der Waals surface area contributed by atoms with Crippen LogP contribution in [0.25, 0.3) is 0 Å². The number of β-amino-alcohol motifs (C(OH)–C–C–N with tert-alkyl or cyclic N) is 1. The number of aliphatic carboxylic acids is 1. The highest BCUT2D eigenvalue weighted by molar-refractivity contribution is 5.72. The van der Waals surface area contributed by atoms with E-state index < -0.39 is 12.1 Å². The van der Waals surface area contributed by atoms with Crippen LogP contribution < -0.4 is 5.32 Å². The SMILES string of the molecule is CC(C)(C)NCC(O)C(=O)O. The smallest absolute Gasteiger partial charge is 0.333 e. The van der Waals surface area contributed by atoms with E-state index in [1.807, 2.05) is 20.8 Å². The third-order valence-electron chi connectivity index (χ3n) is 1.11. The summed E-state index contributed by atoms with van der Waals surface area (Å²) in [6.07, 6.45) is -1.31. The number of aliphatic hydroxyl groups is 1. The lowest BCUT2D eigenvalue weighted by Gasteiger charge is -2.21. The van der Waals surface area contributed by atoms with E-state index >= 15 is 0 Å². The van der Waals surface area contributed by atoms with Crippen molar-refractivity contribution in [2.24, 2.45) is 0 Å². The van der Waals surface area contributed by atoms with Crippen molar-refractivity contribution in [3.05, 3.63) is 0 Å². The van der Waals surface area contributed by atoms with Gasteiger partial charge in [-0.25, -0.2) is 4.79 Å². The monoisotopic (exact) mass is 161 g/mol. The highest BCUT2D eigenvalue weighted by Crippen LogP contribution is 1.97. The van der Waals surface area contributed by atoms with Gasteiger partial charge in [0.25, 0.3) is 0 Å². The Morgan fingerprint density at radius 1 is 1.55 bits per heavy atom. The molecule has 0 amide bonds. The first-order chi connectivity index (χ1) is 4.83. The van der Waals surface area contributed by atoms with Crippen molar-refractivity contribution in [1.82, 2.24) is 5.32 Å². The van der Waals surface area contributed by atoms with Gasteiger partial charge in [0.15, 0.2) is 6.10 Å². The lowest BCUT2D eigenvalue weighted by Crippen LogP contribution is -2.43. The molecule has 0 aromatic rings. The van der Waals surface area contributed by atoms with Crippen LogP contribution >= 0.6 is 0 Å². The number of nitrogens with one attached hydrogen (secondary N) is 1. The maximum Gasteiger partial charge on any atom is 0.333 e. The molecule has 0 aromatic carbocycles. The molecule has 11 heavy (non-hydrogen) atoms. The van der Waals surface area contributed by atoms with Gasteiger partial charge in [0, 0.05) is 12.1 Å². The molecule has 4 heteroatoms. The van der Waals surface area contributed by atoms with Crippen LogP contribution in [-0.2, 0) is 4.79 Å². The van der Waals surface area contributed by atoms with Gasteiger partial charge >= 0.3 is 5.97 Å². The predicted octanol–water partition coefficient (Wildman–Crippen LogP) is -0.180. The van der Waals surface area contributed by atoms with Gasteiger partial charge in [0.2, 0.25) is 0 Å². The number of carboxylic acids is 1. The van der Waals surface area contributed by atoms with Crippen LogP contribution in [0.5, 0.6) is 0 Å².